The van der Waals surface area contributed by atoms with E-state index in [1.165, 1.54) is 11.1 Å². The Morgan fingerprint density at radius 3 is 1.89 bits per heavy atom. The van der Waals surface area contributed by atoms with Crippen molar-refractivity contribution in [3.63, 3.8) is 0 Å². The highest BCUT2D eigenvalue weighted by Crippen LogP contribution is 2.19. The fourth-order valence-electron chi connectivity index (χ4n) is 2.51. The van der Waals surface area contributed by atoms with Crippen LogP contribution in [-0.2, 0) is 11.2 Å². The molecule has 0 aliphatic rings. The maximum Gasteiger partial charge on any atom is 0.230 e. The number of aromatic amines is 1. The van der Waals surface area contributed by atoms with Crippen molar-refractivity contribution in [1.29, 1.82) is 0 Å². The first kappa shape index (κ1) is 23.2. The largest absolute Gasteiger partial charge is 0.342 e. The Kier molecular flexibility index (Phi) is 9.72. The zero-order valence-electron chi connectivity index (χ0n) is 18.2. The number of carbonyl (C=O) groups is 1. The number of amides is 1. The topological polar surface area (TPSA) is 57.8 Å². The minimum Gasteiger partial charge on any atom is -0.342 e. The van der Waals surface area contributed by atoms with E-state index >= 15 is 0 Å². The van der Waals surface area contributed by atoms with Gasteiger partial charge in [0.25, 0.3) is 0 Å². The number of aryl methyl sites for hydroxylation is 3. The summed E-state index contributed by atoms with van der Waals surface area (Å²) >= 11 is 0. The molecule has 0 aliphatic carbocycles. The van der Waals surface area contributed by atoms with Crippen LogP contribution in [0.15, 0.2) is 48.5 Å². The third-order valence-corrected chi connectivity index (χ3v) is 3.97. The van der Waals surface area contributed by atoms with Gasteiger partial charge in [0.1, 0.15) is 5.82 Å². The predicted octanol–water partition coefficient (Wildman–Crippen LogP) is 6.24. The SMILES string of the molecule is CC.CC.Cc1ccc(NC(=O)Cc2nc(-c3ccc(C)cc3)[nH]c2C)cc1. The second-order valence-corrected chi connectivity index (χ2v) is 6.11. The van der Waals surface area contributed by atoms with Gasteiger partial charge in [-0.15, -0.1) is 0 Å². The third-order valence-electron chi connectivity index (χ3n) is 3.97. The van der Waals surface area contributed by atoms with Crippen LogP contribution in [0.2, 0.25) is 0 Å². The van der Waals surface area contributed by atoms with Gasteiger partial charge < -0.3 is 10.3 Å². The smallest absolute Gasteiger partial charge is 0.230 e. The third kappa shape index (κ3) is 6.69. The molecule has 4 heteroatoms. The summed E-state index contributed by atoms with van der Waals surface area (Å²) in [4.78, 5) is 20.1. The van der Waals surface area contributed by atoms with Gasteiger partial charge in [-0.3, -0.25) is 4.79 Å². The van der Waals surface area contributed by atoms with E-state index in [1.54, 1.807) is 0 Å². The molecule has 0 atom stereocenters. The zero-order chi connectivity index (χ0) is 21.1. The number of carbonyl (C=O) groups excluding carboxylic acids is 1. The summed E-state index contributed by atoms with van der Waals surface area (Å²) in [7, 11) is 0. The van der Waals surface area contributed by atoms with Gasteiger partial charge in [-0.2, -0.15) is 0 Å². The lowest BCUT2D eigenvalue weighted by atomic mass is 10.1. The van der Waals surface area contributed by atoms with Gasteiger partial charge in [0.05, 0.1) is 12.1 Å². The Morgan fingerprint density at radius 2 is 1.36 bits per heavy atom. The average Bonchev–Trinajstić information content (AvgIpc) is 3.07. The summed E-state index contributed by atoms with van der Waals surface area (Å²) < 4.78 is 0. The van der Waals surface area contributed by atoms with Crippen molar-refractivity contribution in [3.8, 4) is 11.4 Å². The van der Waals surface area contributed by atoms with Gasteiger partial charge in [-0.05, 0) is 32.9 Å². The zero-order valence-corrected chi connectivity index (χ0v) is 18.2. The number of nitrogens with one attached hydrogen (secondary N) is 2. The fraction of sp³-hybridized carbons (Fsp3) is 0.333. The molecule has 3 rings (SSSR count). The number of hydrogen-bond donors (Lipinski definition) is 2. The molecule has 1 heterocycles. The van der Waals surface area contributed by atoms with Crippen LogP contribution >= 0.6 is 0 Å². The Bertz CT molecular complexity index is 847. The van der Waals surface area contributed by atoms with E-state index in [2.05, 4.69) is 34.3 Å². The summed E-state index contributed by atoms with van der Waals surface area (Å²) in [5, 5.41) is 2.91. The van der Waals surface area contributed by atoms with Crippen molar-refractivity contribution >= 4 is 11.6 Å². The van der Waals surface area contributed by atoms with Gasteiger partial charge in [-0.25, -0.2) is 4.98 Å². The number of hydrogen-bond acceptors (Lipinski definition) is 2. The summed E-state index contributed by atoms with van der Waals surface area (Å²) in [6.45, 7) is 14.0. The first-order chi connectivity index (χ1) is 13.5. The lowest BCUT2D eigenvalue weighted by Gasteiger charge is -2.04. The van der Waals surface area contributed by atoms with Gasteiger partial charge in [0.2, 0.25) is 5.91 Å². The van der Waals surface area contributed by atoms with Crippen LogP contribution < -0.4 is 5.32 Å². The monoisotopic (exact) mass is 379 g/mol. The van der Waals surface area contributed by atoms with E-state index in [0.717, 1.165) is 28.5 Å². The van der Waals surface area contributed by atoms with Crippen LogP contribution in [-0.4, -0.2) is 15.9 Å². The van der Waals surface area contributed by atoms with E-state index in [-0.39, 0.29) is 12.3 Å². The first-order valence-electron chi connectivity index (χ1n) is 10.0. The van der Waals surface area contributed by atoms with E-state index in [4.69, 9.17) is 0 Å². The van der Waals surface area contributed by atoms with Gasteiger partial charge in [0, 0.05) is 16.9 Å². The predicted molar refractivity (Wildman–Crippen MR) is 120 cm³/mol. The van der Waals surface area contributed by atoms with Crippen molar-refractivity contribution < 1.29 is 4.79 Å². The Balaban J connectivity index is 0.000000921. The molecule has 0 unspecified atom stereocenters. The van der Waals surface area contributed by atoms with Crippen molar-refractivity contribution in [2.45, 2.75) is 54.9 Å². The van der Waals surface area contributed by atoms with Crippen LogP contribution in [0.25, 0.3) is 11.4 Å². The van der Waals surface area contributed by atoms with Crippen LogP contribution in [0.3, 0.4) is 0 Å². The van der Waals surface area contributed by atoms with Gasteiger partial charge >= 0.3 is 0 Å². The number of aromatic nitrogens is 2. The Morgan fingerprint density at radius 1 is 0.857 bits per heavy atom. The molecule has 0 fully saturated rings. The maximum absolute atomic E-state index is 12.2. The molecule has 4 nitrogen and oxygen atoms in total. The van der Waals surface area contributed by atoms with E-state index in [0.29, 0.717) is 0 Å². The van der Waals surface area contributed by atoms with Crippen molar-refractivity contribution in [2.24, 2.45) is 0 Å². The molecule has 0 radical (unpaired) electrons. The Hall–Kier alpha value is -2.88. The molecule has 3 aromatic rings. The van der Waals surface area contributed by atoms with E-state index in [9.17, 15) is 4.79 Å². The molecule has 0 saturated carbocycles. The average molecular weight is 380 g/mol. The number of imidazole rings is 1. The van der Waals surface area contributed by atoms with Crippen LogP contribution in [0.1, 0.15) is 50.2 Å². The second kappa shape index (κ2) is 11.8. The lowest BCUT2D eigenvalue weighted by molar-refractivity contribution is -0.115. The molecule has 1 amide bonds. The molecular formula is C24H33N3O. The molecule has 2 N–H and O–H groups in total. The Labute approximate surface area is 169 Å². The molecule has 1 aromatic heterocycles. The molecule has 0 saturated heterocycles. The normalized spacial score (nSPS) is 9.54. The second-order valence-electron chi connectivity index (χ2n) is 6.11. The van der Waals surface area contributed by atoms with Crippen LogP contribution in [0.5, 0.6) is 0 Å². The molecular weight excluding hydrogens is 346 g/mol. The number of H-pyrrole nitrogens is 1. The summed E-state index contributed by atoms with van der Waals surface area (Å²) in [6.07, 6.45) is 0.252. The summed E-state index contributed by atoms with van der Waals surface area (Å²) in [5.41, 5.74) is 5.89. The quantitative estimate of drug-likeness (QED) is 0.564. The minimum absolute atomic E-state index is 0.0658. The maximum atomic E-state index is 12.2. The highest BCUT2D eigenvalue weighted by atomic mass is 16.1. The highest BCUT2D eigenvalue weighted by molar-refractivity contribution is 5.92. The number of anilines is 1. The van der Waals surface area contributed by atoms with Gasteiger partial charge in [-0.1, -0.05) is 75.2 Å². The van der Waals surface area contributed by atoms with Gasteiger partial charge in [0.15, 0.2) is 0 Å². The van der Waals surface area contributed by atoms with Crippen molar-refractivity contribution in [1.82, 2.24) is 9.97 Å². The van der Waals surface area contributed by atoms with E-state index < -0.39 is 0 Å². The fourth-order valence-corrected chi connectivity index (χ4v) is 2.51. The molecule has 0 bridgehead atoms. The molecule has 2 aromatic carbocycles. The molecule has 28 heavy (non-hydrogen) atoms. The number of nitrogens with zero attached hydrogens (tertiary/aromatic N) is 1. The lowest BCUT2D eigenvalue weighted by Crippen LogP contribution is -2.15. The van der Waals surface area contributed by atoms with Crippen molar-refractivity contribution in [3.05, 3.63) is 71.0 Å². The van der Waals surface area contributed by atoms with Crippen LogP contribution in [0, 0.1) is 20.8 Å². The summed E-state index contributed by atoms with van der Waals surface area (Å²) in [6, 6.07) is 15.9. The number of rotatable bonds is 4. The number of benzene rings is 2. The van der Waals surface area contributed by atoms with E-state index in [1.807, 2.05) is 77.9 Å². The molecule has 0 spiro atoms. The standard InChI is InChI=1S/C20H21N3O.2C2H6/c1-13-4-8-16(9-5-13)20-21-15(3)18(23-20)12-19(24)22-17-10-6-14(2)7-11-17;2*1-2/h4-11H,12H2,1-3H3,(H,21,23)(H,22,24);2*1-2H3. The summed E-state index contributed by atoms with van der Waals surface area (Å²) in [5.74, 6) is 0.731. The molecule has 150 valence electrons. The molecule has 0 aliphatic heterocycles. The first-order valence-corrected chi connectivity index (χ1v) is 10.0. The van der Waals surface area contributed by atoms with Crippen molar-refractivity contribution in [2.75, 3.05) is 5.32 Å². The minimum atomic E-state index is -0.0658. The van der Waals surface area contributed by atoms with Crippen LogP contribution in [0.4, 0.5) is 5.69 Å². The highest BCUT2D eigenvalue weighted by Gasteiger charge is 2.12.